The van der Waals surface area contributed by atoms with Crippen molar-refractivity contribution in [2.75, 3.05) is 7.05 Å². The minimum Gasteiger partial charge on any atom is -0.336 e. The quantitative estimate of drug-likeness (QED) is 0.848. The third-order valence-electron chi connectivity index (χ3n) is 2.71. The second-order valence-electron chi connectivity index (χ2n) is 4.30. The van der Waals surface area contributed by atoms with Crippen LogP contribution in [-0.2, 0) is 6.54 Å². The van der Waals surface area contributed by atoms with Gasteiger partial charge in [0.15, 0.2) is 0 Å². The Kier molecular flexibility index (Phi) is 3.85. The van der Waals surface area contributed by atoms with Crippen LogP contribution in [0.5, 0.6) is 0 Å². The molecular weight excluding hydrogens is 245 g/mol. The molecule has 0 spiro atoms. The van der Waals surface area contributed by atoms with Crippen LogP contribution in [0.15, 0.2) is 36.7 Å². The molecule has 2 aromatic rings. The fourth-order valence-corrected chi connectivity index (χ4v) is 1.65. The normalized spacial score (nSPS) is 10.3. The molecule has 1 amide bonds. The van der Waals surface area contributed by atoms with Gasteiger partial charge in [-0.3, -0.25) is 9.78 Å². The van der Waals surface area contributed by atoms with Crippen LogP contribution >= 0.6 is 0 Å². The Balaban J connectivity index is 2.12. The van der Waals surface area contributed by atoms with Crippen LogP contribution in [-0.4, -0.2) is 27.8 Å². The van der Waals surface area contributed by atoms with Gasteiger partial charge in [-0.05, 0) is 13.0 Å². The molecule has 0 aliphatic carbocycles. The number of aromatic nitrogens is 2. The highest BCUT2D eigenvalue weighted by Gasteiger charge is 2.15. The van der Waals surface area contributed by atoms with Crippen molar-refractivity contribution >= 4 is 5.91 Å². The molecule has 1 aromatic carbocycles. The van der Waals surface area contributed by atoms with E-state index >= 15 is 0 Å². The lowest BCUT2D eigenvalue weighted by molar-refractivity contribution is 0.0777. The summed E-state index contributed by atoms with van der Waals surface area (Å²) in [6.07, 6.45) is 2.96. The van der Waals surface area contributed by atoms with Gasteiger partial charge in [0.1, 0.15) is 11.5 Å². The predicted octanol–water partition coefficient (Wildman–Crippen LogP) is 2.20. The Morgan fingerprint density at radius 1 is 1.26 bits per heavy atom. The SMILES string of the molecule is Cc1cnc(C(=O)N(C)Cc2ccccc2F)cn1. The standard InChI is InChI=1S/C14H14FN3O/c1-10-7-17-13(8-16-10)14(19)18(2)9-11-5-3-4-6-12(11)15/h3-8H,9H2,1-2H3. The molecule has 0 saturated heterocycles. The molecule has 0 bridgehead atoms. The average Bonchev–Trinajstić information content (AvgIpc) is 2.41. The Hall–Kier alpha value is -2.30. The Bertz CT molecular complexity index is 583. The van der Waals surface area contributed by atoms with E-state index in [1.807, 2.05) is 0 Å². The number of hydrogen-bond donors (Lipinski definition) is 0. The van der Waals surface area contributed by atoms with Crippen molar-refractivity contribution in [2.45, 2.75) is 13.5 Å². The van der Waals surface area contributed by atoms with Crippen molar-refractivity contribution < 1.29 is 9.18 Å². The van der Waals surface area contributed by atoms with E-state index in [9.17, 15) is 9.18 Å². The first-order valence-electron chi connectivity index (χ1n) is 5.85. The number of rotatable bonds is 3. The molecule has 19 heavy (non-hydrogen) atoms. The zero-order valence-corrected chi connectivity index (χ0v) is 10.8. The summed E-state index contributed by atoms with van der Waals surface area (Å²) in [5.74, 6) is -0.604. The van der Waals surface area contributed by atoms with Crippen LogP contribution in [0.25, 0.3) is 0 Å². The van der Waals surface area contributed by atoms with Crippen LogP contribution in [0, 0.1) is 12.7 Å². The maximum absolute atomic E-state index is 13.5. The fourth-order valence-electron chi connectivity index (χ4n) is 1.65. The lowest BCUT2D eigenvalue weighted by Crippen LogP contribution is -2.27. The number of benzene rings is 1. The van der Waals surface area contributed by atoms with E-state index in [0.717, 1.165) is 5.69 Å². The Morgan fingerprint density at radius 2 is 2.00 bits per heavy atom. The van der Waals surface area contributed by atoms with Crippen molar-refractivity contribution in [2.24, 2.45) is 0 Å². The first-order valence-corrected chi connectivity index (χ1v) is 5.85. The summed E-state index contributed by atoms with van der Waals surface area (Å²) in [6, 6.07) is 6.38. The van der Waals surface area contributed by atoms with Gasteiger partial charge < -0.3 is 4.90 Å². The van der Waals surface area contributed by atoms with Crippen molar-refractivity contribution in [3.63, 3.8) is 0 Å². The molecule has 0 aliphatic heterocycles. The van der Waals surface area contributed by atoms with E-state index in [0.29, 0.717) is 5.56 Å². The first kappa shape index (κ1) is 13.1. The number of aryl methyl sites for hydroxylation is 1. The van der Waals surface area contributed by atoms with E-state index < -0.39 is 0 Å². The lowest BCUT2D eigenvalue weighted by Gasteiger charge is -2.17. The summed E-state index contributed by atoms with van der Waals surface area (Å²) in [5, 5.41) is 0. The molecule has 0 atom stereocenters. The third kappa shape index (κ3) is 3.13. The zero-order valence-electron chi connectivity index (χ0n) is 10.8. The van der Waals surface area contributed by atoms with Gasteiger partial charge in [-0.2, -0.15) is 0 Å². The van der Waals surface area contributed by atoms with E-state index in [1.54, 1.807) is 32.2 Å². The molecule has 0 N–H and O–H groups in total. The second-order valence-corrected chi connectivity index (χ2v) is 4.30. The molecule has 0 unspecified atom stereocenters. The first-order chi connectivity index (χ1) is 9.08. The molecule has 0 fully saturated rings. The number of hydrogen-bond acceptors (Lipinski definition) is 3. The van der Waals surface area contributed by atoms with Crippen LogP contribution in [0.4, 0.5) is 4.39 Å². The minimum absolute atomic E-state index is 0.195. The van der Waals surface area contributed by atoms with Gasteiger partial charge in [0.25, 0.3) is 5.91 Å². The fraction of sp³-hybridized carbons (Fsp3) is 0.214. The highest BCUT2D eigenvalue weighted by Crippen LogP contribution is 2.10. The van der Waals surface area contributed by atoms with E-state index in [2.05, 4.69) is 9.97 Å². The van der Waals surface area contributed by atoms with Crippen molar-refractivity contribution in [3.05, 3.63) is 59.4 Å². The molecule has 5 heteroatoms. The van der Waals surface area contributed by atoms with E-state index in [1.165, 1.54) is 23.4 Å². The van der Waals surface area contributed by atoms with Crippen molar-refractivity contribution in [1.82, 2.24) is 14.9 Å². The Morgan fingerprint density at radius 3 is 2.63 bits per heavy atom. The maximum atomic E-state index is 13.5. The summed E-state index contributed by atoms with van der Waals surface area (Å²) in [5.41, 5.74) is 1.47. The molecule has 1 heterocycles. The van der Waals surface area contributed by atoms with Crippen LogP contribution in [0.3, 0.4) is 0 Å². The smallest absolute Gasteiger partial charge is 0.274 e. The summed E-state index contributed by atoms with van der Waals surface area (Å²) in [6.45, 7) is 1.99. The van der Waals surface area contributed by atoms with Gasteiger partial charge in [0, 0.05) is 25.4 Å². The Labute approximate surface area is 110 Å². The number of carbonyl (C=O) groups excluding carboxylic acids is 1. The number of carbonyl (C=O) groups is 1. The molecule has 0 radical (unpaired) electrons. The van der Waals surface area contributed by atoms with Gasteiger partial charge in [-0.25, -0.2) is 9.37 Å². The van der Waals surface area contributed by atoms with Crippen LogP contribution in [0.1, 0.15) is 21.7 Å². The van der Waals surface area contributed by atoms with Crippen molar-refractivity contribution in [3.8, 4) is 0 Å². The second kappa shape index (κ2) is 5.56. The molecule has 4 nitrogen and oxygen atoms in total. The zero-order chi connectivity index (χ0) is 13.8. The molecular formula is C14H14FN3O. The van der Waals surface area contributed by atoms with E-state index in [4.69, 9.17) is 0 Å². The van der Waals surface area contributed by atoms with Gasteiger partial charge in [-0.1, -0.05) is 18.2 Å². The molecule has 0 saturated carbocycles. The monoisotopic (exact) mass is 259 g/mol. The van der Waals surface area contributed by atoms with Crippen LogP contribution in [0.2, 0.25) is 0 Å². The summed E-state index contributed by atoms with van der Waals surface area (Å²) in [7, 11) is 1.61. The molecule has 98 valence electrons. The minimum atomic E-state index is -0.322. The number of halogens is 1. The summed E-state index contributed by atoms with van der Waals surface area (Å²) in [4.78, 5) is 21.5. The highest BCUT2D eigenvalue weighted by atomic mass is 19.1. The highest BCUT2D eigenvalue weighted by molar-refractivity contribution is 5.91. The number of nitrogens with zero attached hydrogens (tertiary/aromatic N) is 3. The third-order valence-corrected chi connectivity index (χ3v) is 2.71. The molecule has 2 rings (SSSR count). The lowest BCUT2D eigenvalue weighted by atomic mass is 10.2. The summed E-state index contributed by atoms with van der Waals surface area (Å²) >= 11 is 0. The largest absolute Gasteiger partial charge is 0.336 e. The van der Waals surface area contributed by atoms with Crippen molar-refractivity contribution in [1.29, 1.82) is 0 Å². The van der Waals surface area contributed by atoms with Gasteiger partial charge in [0.2, 0.25) is 0 Å². The topological polar surface area (TPSA) is 46.1 Å². The van der Waals surface area contributed by atoms with Gasteiger partial charge >= 0.3 is 0 Å². The summed E-state index contributed by atoms with van der Waals surface area (Å²) < 4.78 is 13.5. The van der Waals surface area contributed by atoms with Gasteiger partial charge in [-0.15, -0.1) is 0 Å². The number of amides is 1. The van der Waals surface area contributed by atoms with E-state index in [-0.39, 0.29) is 24.0 Å². The maximum Gasteiger partial charge on any atom is 0.274 e. The van der Waals surface area contributed by atoms with Gasteiger partial charge in [0.05, 0.1) is 11.9 Å². The molecule has 1 aromatic heterocycles. The molecule has 0 aliphatic rings. The average molecular weight is 259 g/mol. The predicted molar refractivity (Wildman–Crippen MR) is 69.0 cm³/mol. The van der Waals surface area contributed by atoms with Crippen LogP contribution < -0.4 is 0 Å².